The molecule has 2 aromatic rings. The Morgan fingerprint density at radius 2 is 2.12 bits per heavy atom. The quantitative estimate of drug-likeness (QED) is 0.892. The number of nitrogen functional groups attached to an aromatic ring is 1. The monoisotopic (exact) mass is 239 g/mol. The van der Waals surface area contributed by atoms with Crippen LogP contribution in [0, 0.1) is 18.6 Å². The first-order chi connectivity index (χ1) is 8.06. The van der Waals surface area contributed by atoms with E-state index in [1.807, 2.05) is 0 Å². The first kappa shape index (κ1) is 11.4. The second kappa shape index (κ2) is 4.40. The smallest absolute Gasteiger partial charge is 0.181 e. The van der Waals surface area contributed by atoms with Gasteiger partial charge in [0.1, 0.15) is 11.6 Å². The van der Waals surface area contributed by atoms with E-state index in [2.05, 4.69) is 5.10 Å². The molecule has 0 aliphatic carbocycles. The fraction of sp³-hybridized carbons (Fsp3) is 0.182. The van der Waals surface area contributed by atoms with Crippen molar-refractivity contribution in [3.8, 4) is 5.75 Å². The number of aromatic nitrogens is 2. The summed E-state index contributed by atoms with van der Waals surface area (Å²) in [5.74, 6) is -1.05. The molecule has 2 rings (SSSR count). The molecular weight excluding hydrogens is 228 g/mol. The molecule has 0 amide bonds. The molecule has 0 saturated carbocycles. The normalized spacial score (nSPS) is 10.5. The molecule has 0 aliphatic rings. The molecule has 0 atom stereocenters. The van der Waals surface area contributed by atoms with Crippen molar-refractivity contribution in [2.75, 3.05) is 5.73 Å². The Labute approximate surface area is 96.6 Å². The SMILES string of the molecule is Cc1cc(N)nn1COc1ccc(F)cc1F. The summed E-state index contributed by atoms with van der Waals surface area (Å²) in [6, 6.07) is 4.79. The predicted octanol–water partition coefficient (Wildman–Crippen LogP) is 2.09. The number of halogens is 2. The van der Waals surface area contributed by atoms with Gasteiger partial charge < -0.3 is 10.5 Å². The molecule has 0 aliphatic heterocycles. The highest BCUT2D eigenvalue weighted by Gasteiger charge is 2.06. The number of nitrogens with two attached hydrogens (primary N) is 1. The zero-order chi connectivity index (χ0) is 12.4. The zero-order valence-electron chi connectivity index (χ0n) is 9.15. The third-order valence-corrected chi connectivity index (χ3v) is 2.24. The minimum Gasteiger partial charge on any atom is -0.468 e. The standard InChI is InChI=1S/C11H11F2N3O/c1-7-4-11(14)15-16(7)6-17-10-3-2-8(12)5-9(10)13/h2-5H,6H2,1H3,(H2,14,15). The van der Waals surface area contributed by atoms with E-state index in [4.69, 9.17) is 10.5 Å². The van der Waals surface area contributed by atoms with E-state index in [0.717, 1.165) is 17.8 Å². The van der Waals surface area contributed by atoms with Crippen LogP contribution in [0.15, 0.2) is 24.3 Å². The van der Waals surface area contributed by atoms with E-state index in [0.29, 0.717) is 5.82 Å². The Bertz CT molecular complexity index is 540. The van der Waals surface area contributed by atoms with E-state index in [1.54, 1.807) is 13.0 Å². The molecule has 6 heteroatoms. The van der Waals surface area contributed by atoms with Crippen molar-refractivity contribution in [1.29, 1.82) is 0 Å². The zero-order valence-corrected chi connectivity index (χ0v) is 9.15. The first-order valence-electron chi connectivity index (χ1n) is 4.94. The van der Waals surface area contributed by atoms with Crippen LogP contribution in [0.1, 0.15) is 5.69 Å². The maximum absolute atomic E-state index is 13.2. The lowest BCUT2D eigenvalue weighted by atomic mass is 10.3. The second-order valence-corrected chi connectivity index (χ2v) is 3.56. The number of nitrogens with zero attached hydrogens (tertiary/aromatic N) is 2. The van der Waals surface area contributed by atoms with Crippen molar-refractivity contribution in [3.05, 3.63) is 41.6 Å². The molecule has 0 saturated heterocycles. The fourth-order valence-electron chi connectivity index (χ4n) is 1.39. The lowest BCUT2D eigenvalue weighted by Gasteiger charge is -2.08. The number of hydrogen-bond acceptors (Lipinski definition) is 3. The van der Waals surface area contributed by atoms with E-state index < -0.39 is 11.6 Å². The van der Waals surface area contributed by atoms with Gasteiger partial charge in [-0.3, -0.25) is 0 Å². The fourth-order valence-corrected chi connectivity index (χ4v) is 1.39. The number of ether oxygens (including phenoxy) is 1. The molecule has 2 N–H and O–H groups in total. The number of aryl methyl sites for hydroxylation is 1. The summed E-state index contributed by atoms with van der Waals surface area (Å²) >= 11 is 0. The van der Waals surface area contributed by atoms with Gasteiger partial charge in [-0.2, -0.15) is 5.10 Å². The Morgan fingerprint density at radius 3 is 2.71 bits per heavy atom. The highest BCUT2D eigenvalue weighted by molar-refractivity contribution is 5.29. The van der Waals surface area contributed by atoms with Crippen molar-refractivity contribution in [1.82, 2.24) is 9.78 Å². The van der Waals surface area contributed by atoms with Crippen LogP contribution in [0.5, 0.6) is 5.75 Å². The third kappa shape index (κ3) is 2.52. The molecule has 4 nitrogen and oxygen atoms in total. The lowest BCUT2D eigenvalue weighted by molar-refractivity contribution is 0.209. The Balaban J connectivity index is 2.10. The van der Waals surface area contributed by atoms with Crippen LogP contribution in [0.3, 0.4) is 0 Å². The summed E-state index contributed by atoms with van der Waals surface area (Å²) in [6.45, 7) is 1.82. The summed E-state index contributed by atoms with van der Waals surface area (Å²) in [5.41, 5.74) is 6.28. The minimum absolute atomic E-state index is 0.0194. The van der Waals surface area contributed by atoms with Gasteiger partial charge in [0, 0.05) is 17.8 Å². The summed E-state index contributed by atoms with van der Waals surface area (Å²) in [7, 11) is 0. The first-order valence-corrected chi connectivity index (χ1v) is 4.94. The average molecular weight is 239 g/mol. The molecule has 0 bridgehead atoms. The van der Waals surface area contributed by atoms with Crippen molar-refractivity contribution in [2.24, 2.45) is 0 Å². The number of hydrogen-bond donors (Lipinski definition) is 1. The van der Waals surface area contributed by atoms with Crippen molar-refractivity contribution < 1.29 is 13.5 Å². The number of benzene rings is 1. The molecule has 90 valence electrons. The average Bonchev–Trinajstić information content (AvgIpc) is 2.56. The Morgan fingerprint density at radius 1 is 1.35 bits per heavy atom. The summed E-state index contributed by atoms with van der Waals surface area (Å²) < 4.78 is 32.5. The van der Waals surface area contributed by atoms with E-state index in [9.17, 15) is 8.78 Å². The van der Waals surface area contributed by atoms with Crippen molar-refractivity contribution in [3.63, 3.8) is 0 Å². The van der Waals surface area contributed by atoms with Crippen LogP contribution in [0.2, 0.25) is 0 Å². The molecule has 1 aromatic carbocycles. The summed E-state index contributed by atoms with van der Waals surface area (Å²) in [6.07, 6.45) is 0. The van der Waals surface area contributed by atoms with Gasteiger partial charge in [-0.15, -0.1) is 0 Å². The van der Waals surface area contributed by atoms with E-state index in [1.165, 1.54) is 10.7 Å². The van der Waals surface area contributed by atoms with Gasteiger partial charge in [-0.25, -0.2) is 13.5 Å². The molecule has 17 heavy (non-hydrogen) atoms. The molecule has 0 spiro atoms. The topological polar surface area (TPSA) is 53.1 Å². The predicted molar refractivity (Wildman–Crippen MR) is 58.4 cm³/mol. The minimum atomic E-state index is -0.747. The van der Waals surface area contributed by atoms with E-state index >= 15 is 0 Å². The number of anilines is 1. The van der Waals surface area contributed by atoms with Crippen molar-refractivity contribution in [2.45, 2.75) is 13.7 Å². The molecule has 1 heterocycles. The van der Waals surface area contributed by atoms with Gasteiger partial charge in [-0.1, -0.05) is 0 Å². The Kier molecular flexibility index (Phi) is 2.95. The third-order valence-electron chi connectivity index (χ3n) is 2.24. The molecule has 0 fully saturated rings. The van der Waals surface area contributed by atoms with Gasteiger partial charge in [0.05, 0.1) is 0 Å². The Hall–Kier alpha value is -2.11. The van der Waals surface area contributed by atoms with Gasteiger partial charge in [0.25, 0.3) is 0 Å². The molecule has 0 radical (unpaired) electrons. The van der Waals surface area contributed by atoms with Crippen LogP contribution in [0.4, 0.5) is 14.6 Å². The highest BCUT2D eigenvalue weighted by atomic mass is 19.1. The summed E-state index contributed by atoms with van der Waals surface area (Å²) in [4.78, 5) is 0. The van der Waals surface area contributed by atoms with E-state index in [-0.39, 0.29) is 12.5 Å². The van der Waals surface area contributed by atoms with Gasteiger partial charge in [0.15, 0.2) is 18.3 Å². The van der Waals surface area contributed by atoms with Crippen LogP contribution >= 0.6 is 0 Å². The molecule has 0 unspecified atom stereocenters. The van der Waals surface area contributed by atoms with Crippen LogP contribution in [-0.4, -0.2) is 9.78 Å². The largest absolute Gasteiger partial charge is 0.468 e. The van der Waals surface area contributed by atoms with Gasteiger partial charge >= 0.3 is 0 Å². The van der Waals surface area contributed by atoms with Crippen LogP contribution in [0.25, 0.3) is 0 Å². The molecular formula is C11H11F2N3O. The number of rotatable bonds is 3. The highest BCUT2D eigenvalue weighted by Crippen LogP contribution is 2.18. The second-order valence-electron chi connectivity index (χ2n) is 3.56. The van der Waals surface area contributed by atoms with Crippen LogP contribution < -0.4 is 10.5 Å². The van der Waals surface area contributed by atoms with Gasteiger partial charge in [-0.05, 0) is 19.1 Å². The maximum atomic E-state index is 13.2. The van der Waals surface area contributed by atoms with Crippen molar-refractivity contribution >= 4 is 5.82 Å². The summed E-state index contributed by atoms with van der Waals surface area (Å²) in [5, 5.41) is 3.95. The van der Waals surface area contributed by atoms with Gasteiger partial charge in [0.2, 0.25) is 0 Å². The van der Waals surface area contributed by atoms with Crippen LogP contribution in [-0.2, 0) is 6.73 Å². The molecule has 1 aromatic heterocycles. The maximum Gasteiger partial charge on any atom is 0.181 e. The lowest BCUT2D eigenvalue weighted by Crippen LogP contribution is -2.09.